The van der Waals surface area contributed by atoms with E-state index in [0.29, 0.717) is 23.7 Å². The molecule has 2 aromatic heterocycles. The predicted molar refractivity (Wildman–Crippen MR) is 76.1 cm³/mol. The normalized spacial score (nSPS) is 21.8. The summed E-state index contributed by atoms with van der Waals surface area (Å²) in [4.78, 5) is 8.52. The molecule has 1 atom stereocenters. The van der Waals surface area contributed by atoms with E-state index in [1.807, 2.05) is 0 Å². The molecule has 108 valence electrons. The lowest BCUT2D eigenvalue weighted by Gasteiger charge is -2.23. The van der Waals surface area contributed by atoms with Crippen molar-refractivity contribution in [2.45, 2.75) is 18.9 Å². The summed E-state index contributed by atoms with van der Waals surface area (Å²) in [5.41, 5.74) is 3.13. The van der Waals surface area contributed by atoms with Crippen molar-refractivity contribution in [2.24, 2.45) is 5.84 Å². The summed E-state index contributed by atoms with van der Waals surface area (Å²) in [6.07, 6.45) is 6.61. The Kier molecular flexibility index (Phi) is 3.22. The average Bonchev–Trinajstić information content (AvgIpc) is 2.85. The maximum Gasteiger partial charge on any atom is 0.180 e. The van der Waals surface area contributed by atoms with Gasteiger partial charge in [0.25, 0.3) is 0 Å². The molecule has 8 nitrogen and oxygen atoms in total. The molecule has 0 radical (unpaired) electrons. The molecule has 4 N–H and O–H groups in total. The van der Waals surface area contributed by atoms with Crippen LogP contribution in [0.25, 0.3) is 5.65 Å². The first kappa shape index (κ1) is 13.1. The predicted octanol–water partition coefficient (Wildman–Crippen LogP) is 0.00400. The van der Waals surface area contributed by atoms with Crippen molar-refractivity contribution in [3.63, 3.8) is 0 Å². The summed E-state index contributed by atoms with van der Waals surface area (Å²) in [5, 5.41) is 3.17. The van der Waals surface area contributed by atoms with Crippen molar-refractivity contribution in [3.8, 4) is 0 Å². The Morgan fingerprint density at radius 2 is 2.30 bits per heavy atom. The number of imidazole rings is 1. The van der Waals surface area contributed by atoms with Crippen molar-refractivity contribution in [1.82, 2.24) is 14.4 Å². The molecule has 0 saturated carbocycles. The van der Waals surface area contributed by atoms with Crippen LogP contribution in [0.4, 0.5) is 11.6 Å². The molecule has 1 aliphatic rings. The Labute approximate surface area is 116 Å². The monoisotopic (exact) mass is 296 g/mol. The molecule has 0 aromatic carbocycles. The highest BCUT2D eigenvalue weighted by Gasteiger charge is 2.25. The lowest BCUT2D eigenvalue weighted by molar-refractivity contribution is 0.561. The quantitative estimate of drug-likeness (QED) is 0.539. The van der Waals surface area contributed by atoms with Crippen LogP contribution in [-0.4, -0.2) is 40.3 Å². The fourth-order valence-corrected chi connectivity index (χ4v) is 4.06. The number of hydrogen-bond donors (Lipinski definition) is 3. The van der Waals surface area contributed by atoms with Crippen molar-refractivity contribution in [1.29, 1.82) is 0 Å². The molecule has 3 rings (SSSR count). The van der Waals surface area contributed by atoms with Gasteiger partial charge in [-0.3, -0.25) is 0 Å². The second-order valence-corrected chi connectivity index (χ2v) is 7.10. The highest BCUT2D eigenvalue weighted by atomic mass is 32.2. The van der Waals surface area contributed by atoms with E-state index in [1.165, 1.54) is 0 Å². The summed E-state index contributed by atoms with van der Waals surface area (Å²) < 4.78 is 25.1. The standard InChI is InChI=1S/C11H16N6O2S/c12-16-9-6-17-4-3-13-11(17)10(15-9)14-8-2-1-5-20(18,19)7-8/h3-4,6,8,16H,1-2,5,7,12H2,(H,14,15). The van der Waals surface area contributed by atoms with Crippen LogP contribution in [0.5, 0.6) is 0 Å². The number of hydrogen-bond acceptors (Lipinski definition) is 7. The van der Waals surface area contributed by atoms with E-state index in [4.69, 9.17) is 5.84 Å². The van der Waals surface area contributed by atoms with E-state index in [-0.39, 0.29) is 17.5 Å². The van der Waals surface area contributed by atoms with Gasteiger partial charge in [-0.25, -0.2) is 24.2 Å². The highest BCUT2D eigenvalue weighted by molar-refractivity contribution is 7.91. The number of sulfone groups is 1. The number of anilines is 2. The minimum Gasteiger partial charge on any atom is -0.363 e. The van der Waals surface area contributed by atoms with Crippen molar-refractivity contribution in [2.75, 3.05) is 22.2 Å². The van der Waals surface area contributed by atoms with E-state index < -0.39 is 9.84 Å². The third-order valence-corrected chi connectivity index (χ3v) is 5.15. The number of rotatable bonds is 3. The molecular formula is C11H16N6O2S. The van der Waals surface area contributed by atoms with Gasteiger partial charge in [-0.1, -0.05) is 0 Å². The molecule has 0 spiro atoms. The van der Waals surface area contributed by atoms with Gasteiger partial charge >= 0.3 is 0 Å². The van der Waals surface area contributed by atoms with Gasteiger partial charge in [0.1, 0.15) is 0 Å². The molecule has 1 unspecified atom stereocenters. The van der Waals surface area contributed by atoms with Crippen molar-refractivity contribution >= 4 is 27.1 Å². The second-order valence-electron chi connectivity index (χ2n) is 4.88. The van der Waals surface area contributed by atoms with Crippen LogP contribution in [0, 0.1) is 0 Å². The zero-order valence-electron chi connectivity index (χ0n) is 10.8. The first-order chi connectivity index (χ1) is 9.57. The number of nitrogen functional groups attached to an aromatic ring is 1. The van der Waals surface area contributed by atoms with Crippen molar-refractivity contribution < 1.29 is 8.42 Å². The van der Waals surface area contributed by atoms with Gasteiger partial charge in [-0.05, 0) is 12.8 Å². The van der Waals surface area contributed by atoms with Gasteiger partial charge in [-0.2, -0.15) is 0 Å². The minimum atomic E-state index is -2.97. The topological polar surface area (TPSA) is 114 Å². The third kappa shape index (κ3) is 2.54. The lowest BCUT2D eigenvalue weighted by atomic mass is 10.2. The lowest BCUT2D eigenvalue weighted by Crippen LogP contribution is -2.35. The minimum absolute atomic E-state index is 0.127. The van der Waals surface area contributed by atoms with Gasteiger partial charge in [-0.15, -0.1) is 0 Å². The van der Waals surface area contributed by atoms with Crippen LogP contribution in [0.1, 0.15) is 12.8 Å². The van der Waals surface area contributed by atoms with Gasteiger partial charge in [0.2, 0.25) is 0 Å². The molecule has 0 amide bonds. The van der Waals surface area contributed by atoms with E-state index in [9.17, 15) is 8.42 Å². The maximum atomic E-state index is 11.7. The largest absolute Gasteiger partial charge is 0.363 e. The van der Waals surface area contributed by atoms with E-state index in [2.05, 4.69) is 20.7 Å². The molecule has 2 aromatic rings. The molecule has 1 aliphatic heterocycles. The third-order valence-electron chi connectivity index (χ3n) is 3.33. The fourth-order valence-electron chi connectivity index (χ4n) is 2.43. The summed E-state index contributed by atoms with van der Waals surface area (Å²) in [6.45, 7) is 0. The van der Waals surface area contributed by atoms with E-state index >= 15 is 0 Å². The zero-order chi connectivity index (χ0) is 14.2. The average molecular weight is 296 g/mol. The molecule has 0 aliphatic carbocycles. The summed E-state index contributed by atoms with van der Waals surface area (Å²) in [6, 6.07) is -0.144. The smallest absolute Gasteiger partial charge is 0.180 e. The van der Waals surface area contributed by atoms with Gasteiger partial charge in [0.15, 0.2) is 27.1 Å². The van der Waals surface area contributed by atoms with Gasteiger partial charge in [0, 0.05) is 18.4 Å². The maximum absolute atomic E-state index is 11.7. The number of aromatic nitrogens is 3. The van der Waals surface area contributed by atoms with Crippen LogP contribution in [-0.2, 0) is 9.84 Å². The first-order valence-corrected chi connectivity index (χ1v) is 8.17. The molecule has 3 heterocycles. The van der Waals surface area contributed by atoms with E-state index in [0.717, 1.165) is 6.42 Å². The molecule has 20 heavy (non-hydrogen) atoms. The number of hydrazine groups is 1. The number of fused-ring (bicyclic) bond motifs is 1. The summed E-state index contributed by atoms with van der Waals surface area (Å²) in [5.74, 6) is 6.80. The second kappa shape index (κ2) is 4.91. The van der Waals surface area contributed by atoms with Crippen LogP contribution in [0.3, 0.4) is 0 Å². The number of nitrogens with two attached hydrogens (primary N) is 1. The molecule has 0 bridgehead atoms. The van der Waals surface area contributed by atoms with E-state index in [1.54, 1.807) is 23.0 Å². The Bertz CT molecular complexity index is 726. The van der Waals surface area contributed by atoms with Crippen LogP contribution < -0.4 is 16.6 Å². The zero-order valence-corrected chi connectivity index (χ0v) is 11.6. The van der Waals surface area contributed by atoms with Gasteiger partial charge < -0.3 is 15.1 Å². The summed E-state index contributed by atoms with van der Waals surface area (Å²) >= 11 is 0. The fraction of sp³-hybridized carbons (Fsp3) is 0.455. The van der Waals surface area contributed by atoms with Crippen LogP contribution in [0.2, 0.25) is 0 Å². The van der Waals surface area contributed by atoms with Crippen molar-refractivity contribution in [3.05, 3.63) is 18.6 Å². The Morgan fingerprint density at radius 1 is 1.45 bits per heavy atom. The summed E-state index contributed by atoms with van der Waals surface area (Å²) in [7, 11) is -2.97. The number of nitrogens with one attached hydrogen (secondary N) is 2. The van der Waals surface area contributed by atoms with Crippen LogP contribution >= 0.6 is 0 Å². The number of nitrogens with zero attached hydrogens (tertiary/aromatic N) is 3. The van der Waals surface area contributed by atoms with Gasteiger partial charge in [0.05, 0.1) is 17.7 Å². The molecule has 1 saturated heterocycles. The SMILES string of the molecule is NNc1cn2ccnc2c(NC2CCCS(=O)(=O)C2)n1. The Hall–Kier alpha value is -1.87. The first-order valence-electron chi connectivity index (χ1n) is 6.35. The highest BCUT2D eigenvalue weighted by Crippen LogP contribution is 2.20. The Balaban J connectivity index is 1.91. The Morgan fingerprint density at radius 3 is 3.05 bits per heavy atom. The molecular weight excluding hydrogens is 280 g/mol. The van der Waals surface area contributed by atoms with Crippen LogP contribution in [0.15, 0.2) is 18.6 Å². The molecule has 9 heteroatoms. The molecule has 1 fully saturated rings.